The van der Waals surface area contributed by atoms with Crippen LogP contribution in [0.25, 0.3) is 10.8 Å². The molecular weight excluding hydrogens is 374 g/mol. The lowest BCUT2D eigenvalue weighted by Gasteiger charge is -2.25. The number of phenolic OH excluding ortho intramolecular Hbond substituents is 1. The van der Waals surface area contributed by atoms with E-state index in [1.54, 1.807) is 11.0 Å². The van der Waals surface area contributed by atoms with E-state index in [-0.39, 0.29) is 17.0 Å². The Morgan fingerprint density at radius 3 is 2.64 bits per heavy atom. The summed E-state index contributed by atoms with van der Waals surface area (Å²) >= 11 is 6.91. The van der Waals surface area contributed by atoms with E-state index in [0.29, 0.717) is 12.2 Å². The molecule has 1 unspecified atom stereocenters. The molecule has 5 heteroatoms. The number of amides is 1. The van der Waals surface area contributed by atoms with E-state index < -0.39 is 11.7 Å². The highest BCUT2D eigenvalue weighted by atomic mass is 35.5. The van der Waals surface area contributed by atoms with E-state index >= 15 is 0 Å². The van der Waals surface area contributed by atoms with Gasteiger partial charge in [0.2, 0.25) is 0 Å². The van der Waals surface area contributed by atoms with Gasteiger partial charge in [0.05, 0.1) is 11.1 Å². The smallest absolute Gasteiger partial charge is 0.414 e. The highest BCUT2D eigenvalue weighted by Gasteiger charge is 2.40. The second kappa shape index (κ2) is 6.85. The van der Waals surface area contributed by atoms with Crippen molar-refractivity contribution in [3.8, 4) is 5.75 Å². The van der Waals surface area contributed by atoms with Gasteiger partial charge in [0.25, 0.3) is 0 Å². The molecule has 146 valence electrons. The maximum atomic E-state index is 12.9. The fourth-order valence-electron chi connectivity index (χ4n) is 4.02. The van der Waals surface area contributed by atoms with E-state index in [4.69, 9.17) is 16.3 Å². The molecule has 2 aromatic carbocycles. The number of fused-ring (bicyclic) bond motifs is 3. The standard InChI is InChI=1S/C23H24ClNO3/c1-23(2,3)28-22(27)25-13-17(21(24)14-8-4-5-9-14)20-16-11-7-6-10-15(16)19(26)12-18(20)25/h4-8,10-12,17,21,26H,9,13H2,1-3H3/t17-,21?/m1/s1. The molecule has 0 radical (unpaired) electrons. The second-order valence-corrected chi connectivity index (χ2v) is 8.82. The van der Waals surface area contributed by atoms with E-state index in [9.17, 15) is 9.90 Å². The normalized spacial score (nSPS) is 19.6. The molecule has 0 saturated heterocycles. The zero-order valence-corrected chi connectivity index (χ0v) is 17.0. The van der Waals surface area contributed by atoms with Gasteiger partial charge in [-0.25, -0.2) is 4.79 Å². The number of aromatic hydroxyl groups is 1. The van der Waals surface area contributed by atoms with Gasteiger partial charge in [-0.15, -0.1) is 11.6 Å². The number of ether oxygens (including phenoxy) is 1. The second-order valence-electron chi connectivity index (χ2n) is 8.35. The Morgan fingerprint density at radius 2 is 2.00 bits per heavy atom. The molecule has 4 nitrogen and oxygen atoms in total. The van der Waals surface area contributed by atoms with Crippen LogP contribution < -0.4 is 4.90 Å². The van der Waals surface area contributed by atoms with Crippen molar-refractivity contribution in [1.29, 1.82) is 0 Å². The van der Waals surface area contributed by atoms with E-state index in [0.717, 1.165) is 28.3 Å². The number of nitrogens with zero attached hydrogens (tertiary/aromatic N) is 1. The average molecular weight is 398 g/mol. The largest absolute Gasteiger partial charge is 0.507 e. The Morgan fingerprint density at radius 1 is 1.29 bits per heavy atom. The lowest BCUT2D eigenvalue weighted by Crippen LogP contribution is -2.37. The molecule has 2 aliphatic rings. The number of anilines is 1. The Hall–Kier alpha value is -2.46. The van der Waals surface area contributed by atoms with Crippen molar-refractivity contribution >= 4 is 34.2 Å². The summed E-state index contributed by atoms with van der Waals surface area (Å²) in [6, 6.07) is 9.36. The highest BCUT2D eigenvalue weighted by molar-refractivity contribution is 6.23. The average Bonchev–Trinajstić information content (AvgIpc) is 3.28. The van der Waals surface area contributed by atoms with Crippen LogP contribution in [-0.4, -0.2) is 28.7 Å². The lowest BCUT2D eigenvalue weighted by molar-refractivity contribution is 0.0582. The van der Waals surface area contributed by atoms with Gasteiger partial charge in [0, 0.05) is 23.9 Å². The van der Waals surface area contributed by atoms with Crippen molar-refractivity contribution in [2.45, 2.75) is 44.1 Å². The van der Waals surface area contributed by atoms with Crippen molar-refractivity contribution in [2.75, 3.05) is 11.4 Å². The molecule has 4 rings (SSSR count). The third kappa shape index (κ3) is 3.26. The van der Waals surface area contributed by atoms with E-state index in [1.165, 1.54) is 0 Å². The number of hydrogen-bond donors (Lipinski definition) is 1. The first kappa shape index (κ1) is 18.9. The summed E-state index contributed by atoms with van der Waals surface area (Å²) in [7, 11) is 0. The topological polar surface area (TPSA) is 49.8 Å². The van der Waals surface area contributed by atoms with Crippen molar-refractivity contribution in [3.05, 3.63) is 59.7 Å². The summed E-state index contributed by atoms with van der Waals surface area (Å²) < 4.78 is 5.62. The fraction of sp³-hybridized carbons (Fsp3) is 0.348. The van der Waals surface area contributed by atoms with Gasteiger partial charge < -0.3 is 9.84 Å². The quantitative estimate of drug-likeness (QED) is 0.644. The lowest BCUT2D eigenvalue weighted by atomic mass is 9.89. The molecule has 1 aliphatic carbocycles. The first-order valence-corrected chi connectivity index (χ1v) is 9.94. The minimum atomic E-state index is -0.605. The fourth-order valence-corrected chi connectivity index (χ4v) is 4.39. The summed E-state index contributed by atoms with van der Waals surface area (Å²) in [4.78, 5) is 14.5. The number of carbonyl (C=O) groups excluding carboxylic acids is 1. The molecular formula is C23H24ClNO3. The van der Waals surface area contributed by atoms with Crippen LogP contribution >= 0.6 is 11.6 Å². The number of benzene rings is 2. The number of rotatable bonds is 2. The van der Waals surface area contributed by atoms with Crippen molar-refractivity contribution in [3.63, 3.8) is 0 Å². The van der Waals surface area contributed by atoms with Crippen molar-refractivity contribution in [1.82, 2.24) is 0 Å². The number of phenols is 1. The predicted octanol–water partition coefficient (Wildman–Crippen LogP) is 5.88. The Labute approximate surface area is 170 Å². The number of carbonyl (C=O) groups is 1. The zero-order valence-electron chi connectivity index (χ0n) is 16.3. The van der Waals surface area contributed by atoms with Crippen LogP contribution in [0.4, 0.5) is 10.5 Å². The molecule has 0 saturated carbocycles. The number of allylic oxidation sites excluding steroid dienone is 4. The molecule has 1 aliphatic heterocycles. The third-order valence-electron chi connectivity index (χ3n) is 5.20. The van der Waals surface area contributed by atoms with Crippen LogP contribution in [0.1, 0.15) is 38.7 Å². The molecule has 1 amide bonds. The highest BCUT2D eigenvalue weighted by Crippen LogP contribution is 2.49. The summed E-state index contributed by atoms with van der Waals surface area (Å²) in [6.07, 6.45) is 6.55. The van der Waals surface area contributed by atoms with Crippen molar-refractivity contribution in [2.24, 2.45) is 0 Å². The summed E-state index contributed by atoms with van der Waals surface area (Å²) in [5.74, 6) is 0.0669. The van der Waals surface area contributed by atoms with Gasteiger partial charge >= 0.3 is 6.09 Å². The number of halogens is 1. The van der Waals surface area contributed by atoms with Gasteiger partial charge in [0.1, 0.15) is 11.4 Å². The van der Waals surface area contributed by atoms with Gasteiger partial charge in [-0.2, -0.15) is 0 Å². The van der Waals surface area contributed by atoms with E-state index in [2.05, 4.69) is 12.2 Å². The van der Waals surface area contributed by atoms with Crippen LogP contribution in [0.5, 0.6) is 5.75 Å². The minimum absolute atomic E-state index is 0.0826. The molecule has 2 aromatic rings. The van der Waals surface area contributed by atoms with Gasteiger partial charge in [-0.3, -0.25) is 4.90 Å². The maximum absolute atomic E-state index is 12.9. The van der Waals surface area contributed by atoms with E-state index in [1.807, 2.05) is 51.1 Å². The van der Waals surface area contributed by atoms with Crippen LogP contribution in [0, 0.1) is 0 Å². The van der Waals surface area contributed by atoms with Crippen molar-refractivity contribution < 1.29 is 14.6 Å². The van der Waals surface area contributed by atoms with Gasteiger partial charge in [-0.1, -0.05) is 42.5 Å². The van der Waals surface area contributed by atoms with Crippen LogP contribution in [0.3, 0.4) is 0 Å². The third-order valence-corrected chi connectivity index (χ3v) is 5.79. The molecule has 0 aromatic heterocycles. The zero-order chi connectivity index (χ0) is 20.1. The predicted molar refractivity (Wildman–Crippen MR) is 113 cm³/mol. The van der Waals surface area contributed by atoms with Gasteiger partial charge in [0.15, 0.2) is 0 Å². The minimum Gasteiger partial charge on any atom is -0.507 e. The van der Waals surface area contributed by atoms with Crippen LogP contribution in [-0.2, 0) is 4.74 Å². The first-order valence-electron chi connectivity index (χ1n) is 9.51. The molecule has 0 spiro atoms. The van der Waals surface area contributed by atoms with Crippen LogP contribution in [0.15, 0.2) is 54.1 Å². The van der Waals surface area contributed by atoms with Crippen LogP contribution in [0.2, 0.25) is 0 Å². The number of alkyl halides is 1. The summed E-state index contributed by atoms with van der Waals surface area (Å²) in [5.41, 5.74) is 2.20. The Kier molecular flexibility index (Phi) is 4.62. The maximum Gasteiger partial charge on any atom is 0.414 e. The number of hydrogen-bond acceptors (Lipinski definition) is 3. The SMILES string of the molecule is CC(C)(C)OC(=O)N1C[C@@H](C(Cl)C2=CC=CC2)c2c1cc(O)c1ccccc21. The molecule has 28 heavy (non-hydrogen) atoms. The first-order chi connectivity index (χ1) is 13.3. The summed E-state index contributed by atoms with van der Waals surface area (Å²) in [6.45, 7) is 5.95. The van der Waals surface area contributed by atoms with Gasteiger partial charge in [-0.05, 0) is 43.7 Å². The molecule has 1 heterocycles. The Bertz CT molecular complexity index is 1000. The molecule has 1 N–H and O–H groups in total. The summed E-state index contributed by atoms with van der Waals surface area (Å²) in [5, 5.41) is 12.0. The monoisotopic (exact) mass is 397 g/mol. The Balaban J connectivity index is 1.84. The molecule has 0 bridgehead atoms. The molecule has 0 fully saturated rings. The molecule has 2 atom stereocenters.